The third kappa shape index (κ3) is 3.90. The molecule has 1 aliphatic heterocycles. The van der Waals surface area contributed by atoms with E-state index in [0.717, 1.165) is 5.71 Å². The number of hydrogen-bond donors (Lipinski definition) is 1. The standard InChI is InChI=1S/C22H26ClNO5/c1-6-29-16-8-12(7-13(23)20(16)26)18-17(21(27)28-5)11(2)24-14-9-22(3,4)10-15(25)19(14)18/h7-8,18-19,26H,6,9-10H2,1-5H3/t18-,19?/m1/s1. The first kappa shape index (κ1) is 21.4. The number of ketones is 1. The van der Waals surface area contributed by atoms with Gasteiger partial charge in [-0.1, -0.05) is 25.4 Å². The highest BCUT2D eigenvalue weighted by molar-refractivity contribution is 6.32. The van der Waals surface area contributed by atoms with Crippen molar-refractivity contribution in [3.8, 4) is 11.5 Å². The summed E-state index contributed by atoms with van der Waals surface area (Å²) in [4.78, 5) is 30.5. The second-order valence-corrected chi connectivity index (χ2v) is 8.72. The summed E-state index contributed by atoms with van der Waals surface area (Å²) in [5.41, 5.74) is 2.05. The minimum absolute atomic E-state index is 0.0288. The molecule has 0 amide bonds. The number of allylic oxidation sites excluding steroid dienone is 1. The zero-order chi connectivity index (χ0) is 21.5. The molecule has 0 bridgehead atoms. The van der Waals surface area contributed by atoms with Crippen LogP contribution in [0.2, 0.25) is 5.02 Å². The third-order valence-corrected chi connectivity index (χ3v) is 5.77. The van der Waals surface area contributed by atoms with E-state index in [1.54, 1.807) is 26.0 Å². The first-order valence-corrected chi connectivity index (χ1v) is 10.0. The van der Waals surface area contributed by atoms with Crippen molar-refractivity contribution in [1.29, 1.82) is 0 Å². The van der Waals surface area contributed by atoms with Gasteiger partial charge in [0.1, 0.15) is 5.78 Å². The number of phenols is 1. The van der Waals surface area contributed by atoms with Crippen molar-refractivity contribution in [2.75, 3.05) is 13.7 Å². The number of nitrogens with zero attached hydrogens (tertiary/aromatic N) is 1. The van der Waals surface area contributed by atoms with Gasteiger partial charge < -0.3 is 14.6 Å². The van der Waals surface area contributed by atoms with Gasteiger partial charge in [-0.3, -0.25) is 9.79 Å². The molecule has 0 radical (unpaired) electrons. The molecule has 2 aliphatic rings. The molecule has 6 nitrogen and oxygen atoms in total. The Kier molecular flexibility index (Phi) is 5.77. The number of methoxy groups -OCH3 is 1. The summed E-state index contributed by atoms with van der Waals surface area (Å²) in [5, 5.41) is 10.3. The normalized spacial score (nSPS) is 23.4. The lowest BCUT2D eigenvalue weighted by atomic mass is 9.63. The molecule has 7 heteroatoms. The Morgan fingerprint density at radius 2 is 2.00 bits per heavy atom. The number of ether oxygens (including phenoxy) is 2. The Bertz CT molecular complexity index is 931. The number of hydrogen-bond acceptors (Lipinski definition) is 6. The Hall–Kier alpha value is -2.34. The lowest BCUT2D eigenvalue weighted by Crippen LogP contribution is -2.44. The van der Waals surface area contributed by atoms with E-state index in [1.807, 2.05) is 13.8 Å². The molecular weight excluding hydrogens is 394 g/mol. The largest absolute Gasteiger partial charge is 0.503 e. The molecule has 0 spiro atoms. The highest BCUT2D eigenvalue weighted by atomic mass is 35.5. The fourth-order valence-electron chi connectivity index (χ4n) is 4.37. The number of benzene rings is 1. The summed E-state index contributed by atoms with van der Waals surface area (Å²) in [7, 11) is 1.31. The molecule has 0 saturated heterocycles. The van der Waals surface area contributed by atoms with Gasteiger partial charge in [0, 0.05) is 23.7 Å². The molecule has 1 heterocycles. The maximum absolute atomic E-state index is 13.2. The first-order valence-electron chi connectivity index (χ1n) is 9.64. The van der Waals surface area contributed by atoms with Crippen LogP contribution in [-0.4, -0.2) is 36.3 Å². The molecule has 1 aliphatic carbocycles. The van der Waals surface area contributed by atoms with Gasteiger partial charge in [0.25, 0.3) is 0 Å². The zero-order valence-corrected chi connectivity index (χ0v) is 18.1. The molecule has 0 aromatic heterocycles. The molecule has 156 valence electrons. The number of halogens is 1. The van der Waals surface area contributed by atoms with Gasteiger partial charge in [-0.15, -0.1) is 0 Å². The Morgan fingerprint density at radius 3 is 2.62 bits per heavy atom. The number of aromatic hydroxyl groups is 1. The molecular formula is C22H26ClNO5. The van der Waals surface area contributed by atoms with E-state index in [9.17, 15) is 14.7 Å². The Labute approximate surface area is 175 Å². The zero-order valence-electron chi connectivity index (χ0n) is 17.3. The van der Waals surface area contributed by atoms with Crippen LogP contribution >= 0.6 is 11.6 Å². The van der Waals surface area contributed by atoms with Gasteiger partial charge in [-0.25, -0.2) is 4.79 Å². The fraction of sp³-hybridized carbons (Fsp3) is 0.500. The Morgan fingerprint density at radius 1 is 1.31 bits per heavy atom. The molecule has 1 unspecified atom stereocenters. The summed E-state index contributed by atoms with van der Waals surface area (Å²) in [6.45, 7) is 7.96. The monoisotopic (exact) mass is 419 g/mol. The number of Topliss-reactive ketones (excluding diaryl/α,β-unsaturated/α-hetero) is 1. The van der Waals surface area contributed by atoms with Gasteiger partial charge in [-0.2, -0.15) is 0 Å². The lowest BCUT2D eigenvalue weighted by Gasteiger charge is -2.41. The Balaban J connectivity index is 2.23. The summed E-state index contributed by atoms with van der Waals surface area (Å²) in [6, 6.07) is 3.22. The minimum Gasteiger partial charge on any atom is -0.503 e. The second kappa shape index (κ2) is 7.82. The maximum Gasteiger partial charge on any atom is 0.336 e. The van der Waals surface area contributed by atoms with Crippen molar-refractivity contribution in [1.82, 2.24) is 0 Å². The van der Waals surface area contributed by atoms with Crippen molar-refractivity contribution < 1.29 is 24.2 Å². The van der Waals surface area contributed by atoms with Crippen LogP contribution in [0.25, 0.3) is 0 Å². The topological polar surface area (TPSA) is 85.2 Å². The number of carbonyl (C=O) groups excluding carboxylic acids is 2. The summed E-state index contributed by atoms with van der Waals surface area (Å²) >= 11 is 6.25. The molecule has 3 rings (SSSR count). The molecule has 29 heavy (non-hydrogen) atoms. The van der Waals surface area contributed by atoms with Crippen molar-refractivity contribution in [2.24, 2.45) is 16.3 Å². The molecule has 1 fully saturated rings. The number of rotatable bonds is 4. The van der Waals surface area contributed by atoms with Gasteiger partial charge in [0.15, 0.2) is 11.5 Å². The number of fused-ring (bicyclic) bond motifs is 1. The number of phenolic OH excluding ortho intramolecular Hbond substituents is 1. The van der Waals surface area contributed by atoms with Crippen LogP contribution < -0.4 is 4.74 Å². The predicted molar refractivity (Wildman–Crippen MR) is 111 cm³/mol. The molecule has 1 saturated carbocycles. The summed E-state index contributed by atoms with van der Waals surface area (Å²) in [6.07, 6.45) is 1.06. The van der Waals surface area contributed by atoms with Crippen LogP contribution in [0.3, 0.4) is 0 Å². The highest BCUT2D eigenvalue weighted by Crippen LogP contribution is 2.49. The van der Waals surface area contributed by atoms with E-state index >= 15 is 0 Å². The van der Waals surface area contributed by atoms with Crippen molar-refractivity contribution in [2.45, 2.75) is 46.5 Å². The van der Waals surface area contributed by atoms with Crippen molar-refractivity contribution >= 4 is 29.1 Å². The van der Waals surface area contributed by atoms with Crippen LogP contribution in [0, 0.1) is 11.3 Å². The smallest absolute Gasteiger partial charge is 0.336 e. The van der Waals surface area contributed by atoms with Crippen LogP contribution in [0.5, 0.6) is 11.5 Å². The first-order chi connectivity index (χ1) is 13.6. The van der Waals surface area contributed by atoms with Gasteiger partial charge in [0.05, 0.1) is 30.2 Å². The molecule has 2 atom stereocenters. The van der Waals surface area contributed by atoms with E-state index in [0.29, 0.717) is 36.3 Å². The minimum atomic E-state index is -0.601. The third-order valence-electron chi connectivity index (χ3n) is 5.48. The average molecular weight is 420 g/mol. The van der Waals surface area contributed by atoms with Crippen LogP contribution in [0.15, 0.2) is 28.4 Å². The molecule has 1 aromatic rings. The lowest BCUT2D eigenvalue weighted by molar-refractivity contribution is -0.136. The van der Waals surface area contributed by atoms with Gasteiger partial charge in [0.2, 0.25) is 0 Å². The second-order valence-electron chi connectivity index (χ2n) is 8.32. The van der Waals surface area contributed by atoms with Crippen molar-refractivity contribution in [3.05, 3.63) is 34.0 Å². The van der Waals surface area contributed by atoms with Crippen LogP contribution in [-0.2, 0) is 14.3 Å². The van der Waals surface area contributed by atoms with E-state index in [1.165, 1.54) is 7.11 Å². The highest BCUT2D eigenvalue weighted by Gasteiger charge is 2.47. The molecule has 1 N–H and O–H groups in total. The van der Waals surface area contributed by atoms with Crippen LogP contribution in [0.1, 0.15) is 52.0 Å². The fourth-order valence-corrected chi connectivity index (χ4v) is 4.59. The average Bonchev–Trinajstić information content (AvgIpc) is 2.62. The van der Waals surface area contributed by atoms with Crippen molar-refractivity contribution in [3.63, 3.8) is 0 Å². The van der Waals surface area contributed by atoms with Gasteiger partial charge in [-0.05, 0) is 43.4 Å². The number of aliphatic imine (C=N–C) groups is 1. The van der Waals surface area contributed by atoms with Crippen LogP contribution in [0.4, 0.5) is 0 Å². The maximum atomic E-state index is 13.2. The van der Waals surface area contributed by atoms with Gasteiger partial charge >= 0.3 is 5.97 Å². The quantitative estimate of drug-likeness (QED) is 0.729. The van der Waals surface area contributed by atoms with E-state index in [2.05, 4.69) is 4.99 Å². The molecule has 1 aromatic carbocycles. The van der Waals surface area contributed by atoms with E-state index < -0.39 is 17.8 Å². The SMILES string of the molecule is CCOc1cc([C@@H]2C(C(=O)OC)=C(C)N=C3CC(C)(C)CC(=O)C32)cc(Cl)c1O. The predicted octanol–water partition coefficient (Wildman–Crippen LogP) is 4.43. The number of carbonyl (C=O) groups is 2. The number of esters is 1. The summed E-state index contributed by atoms with van der Waals surface area (Å²) < 4.78 is 10.5. The summed E-state index contributed by atoms with van der Waals surface area (Å²) in [5.74, 6) is -1.63. The van der Waals surface area contributed by atoms with E-state index in [-0.39, 0.29) is 27.7 Å². The van der Waals surface area contributed by atoms with E-state index in [4.69, 9.17) is 21.1 Å².